The van der Waals surface area contributed by atoms with Crippen LogP contribution in [-0.4, -0.2) is 47.9 Å². The van der Waals surface area contributed by atoms with Gasteiger partial charge in [-0.25, -0.2) is 0 Å². The van der Waals surface area contributed by atoms with Crippen molar-refractivity contribution in [1.82, 2.24) is 9.80 Å². The summed E-state index contributed by atoms with van der Waals surface area (Å²) in [6.45, 7) is 5.47. The smallest absolute Gasteiger partial charge is 0.232 e. The Labute approximate surface area is 185 Å². The van der Waals surface area contributed by atoms with Crippen LogP contribution in [0, 0.1) is 5.41 Å². The summed E-state index contributed by atoms with van der Waals surface area (Å²) in [4.78, 5) is 30.0. The van der Waals surface area contributed by atoms with E-state index in [1.165, 1.54) is 5.56 Å². The molecule has 2 saturated heterocycles. The quantitative estimate of drug-likeness (QED) is 0.657. The molecule has 0 N–H and O–H groups in total. The second-order valence-corrected chi connectivity index (χ2v) is 9.00. The predicted octanol–water partition coefficient (Wildman–Crippen LogP) is 4.23. The molecule has 2 aliphatic heterocycles. The Balaban J connectivity index is 1.39. The van der Waals surface area contributed by atoms with Crippen LogP contribution in [0.25, 0.3) is 0 Å². The van der Waals surface area contributed by atoms with Gasteiger partial charge in [0.1, 0.15) is 5.75 Å². The first-order chi connectivity index (χ1) is 15.0. The average Bonchev–Trinajstić information content (AvgIpc) is 2.81. The van der Waals surface area contributed by atoms with E-state index in [1.807, 2.05) is 52.3 Å². The largest absolute Gasteiger partial charge is 0.497 e. The minimum absolute atomic E-state index is 0.109. The fraction of sp³-hybridized carbons (Fsp3) is 0.462. The van der Waals surface area contributed by atoms with Crippen LogP contribution in [0.4, 0.5) is 0 Å². The summed E-state index contributed by atoms with van der Waals surface area (Å²) in [7, 11) is 1.65. The Morgan fingerprint density at radius 1 is 1.06 bits per heavy atom. The molecule has 1 atom stereocenters. The van der Waals surface area contributed by atoms with Crippen molar-refractivity contribution in [3.63, 3.8) is 0 Å². The SMILES string of the molecule is COc1ccc(CCC(=O)N2CCC3(CC2)C(=O)N(C(C)C)C3c2ccccc2)cc1. The zero-order valence-electron chi connectivity index (χ0n) is 18.7. The summed E-state index contributed by atoms with van der Waals surface area (Å²) in [6.07, 6.45) is 2.69. The van der Waals surface area contributed by atoms with Gasteiger partial charge in [0.15, 0.2) is 0 Å². The zero-order valence-corrected chi connectivity index (χ0v) is 18.7. The van der Waals surface area contributed by atoms with Gasteiger partial charge in [0.05, 0.1) is 18.6 Å². The molecule has 4 rings (SSSR count). The Kier molecular flexibility index (Phi) is 6.03. The van der Waals surface area contributed by atoms with E-state index in [2.05, 4.69) is 26.0 Å². The first-order valence-corrected chi connectivity index (χ1v) is 11.2. The van der Waals surface area contributed by atoms with E-state index in [1.54, 1.807) is 7.11 Å². The minimum Gasteiger partial charge on any atom is -0.497 e. The molecule has 5 heteroatoms. The molecule has 0 bridgehead atoms. The number of ether oxygens (including phenoxy) is 1. The summed E-state index contributed by atoms with van der Waals surface area (Å²) in [5.41, 5.74) is 1.97. The Morgan fingerprint density at radius 2 is 1.71 bits per heavy atom. The predicted molar refractivity (Wildman–Crippen MR) is 121 cm³/mol. The molecular formula is C26H32N2O3. The van der Waals surface area contributed by atoms with Crippen molar-refractivity contribution in [1.29, 1.82) is 0 Å². The summed E-state index contributed by atoms with van der Waals surface area (Å²) in [6, 6.07) is 18.5. The number of β-lactam (4-membered cyclic amide) rings is 1. The van der Waals surface area contributed by atoms with Gasteiger partial charge in [-0.15, -0.1) is 0 Å². The molecular weight excluding hydrogens is 388 g/mol. The number of benzene rings is 2. The van der Waals surface area contributed by atoms with E-state index in [9.17, 15) is 9.59 Å². The topological polar surface area (TPSA) is 49.9 Å². The number of carbonyl (C=O) groups is 2. The van der Waals surface area contributed by atoms with Gasteiger partial charge < -0.3 is 14.5 Å². The lowest BCUT2D eigenvalue weighted by Gasteiger charge is -2.60. The summed E-state index contributed by atoms with van der Waals surface area (Å²) in [5, 5.41) is 0. The molecule has 2 aromatic carbocycles. The summed E-state index contributed by atoms with van der Waals surface area (Å²) >= 11 is 0. The van der Waals surface area contributed by atoms with E-state index >= 15 is 0 Å². The lowest BCUT2D eigenvalue weighted by atomic mass is 9.61. The molecule has 0 radical (unpaired) electrons. The molecule has 2 heterocycles. The van der Waals surface area contributed by atoms with Crippen molar-refractivity contribution < 1.29 is 14.3 Å². The van der Waals surface area contributed by atoms with Crippen LogP contribution in [0.3, 0.4) is 0 Å². The fourth-order valence-corrected chi connectivity index (χ4v) is 5.18. The molecule has 2 fully saturated rings. The highest BCUT2D eigenvalue weighted by Crippen LogP contribution is 2.56. The molecule has 2 aromatic rings. The lowest BCUT2D eigenvalue weighted by Crippen LogP contribution is -2.68. The highest BCUT2D eigenvalue weighted by molar-refractivity contribution is 5.91. The van der Waals surface area contributed by atoms with Crippen LogP contribution >= 0.6 is 0 Å². The lowest BCUT2D eigenvalue weighted by molar-refractivity contribution is -0.186. The number of nitrogens with zero attached hydrogens (tertiary/aromatic N) is 2. The number of hydrogen-bond acceptors (Lipinski definition) is 3. The van der Waals surface area contributed by atoms with Gasteiger partial charge in [-0.2, -0.15) is 0 Å². The van der Waals surface area contributed by atoms with Crippen LogP contribution in [-0.2, 0) is 16.0 Å². The Morgan fingerprint density at radius 3 is 2.29 bits per heavy atom. The zero-order chi connectivity index (χ0) is 22.0. The van der Waals surface area contributed by atoms with E-state index in [0.29, 0.717) is 19.5 Å². The third-order valence-corrected chi connectivity index (χ3v) is 6.93. The van der Waals surface area contributed by atoms with Crippen molar-refractivity contribution in [2.75, 3.05) is 20.2 Å². The number of likely N-dealkylation sites (tertiary alicyclic amines) is 2. The monoisotopic (exact) mass is 420 g/mol. The van der Waals surface area contributed by atoms with Gasteiger partial charge in [-0.3, -0.25) is 9.59 Å². The van der Waals surface area contributed by atoms with Gasteiger partial charge in [-0.05, 0) is 56.4 Å². The number of piperidine rings is 1. The number of carbonyl (C=O) groups excluding carboxylic acids is 2. The molecule has 164 valence electrons. The summed E-state index contributed by atoms with van der Waals surface area (Å²) in [5.74, 6) is 1.25. The molecule has 5 nitrogen and oxygen atoms in total. The standard InChI is InChI=1S/C26H32N2O3/c1-19(2)28-24(21-7-5-4-6-8-21)26(25(28)30)15-17-27(18-16-26)23(29)14-11-20-9-12-22(31-3)13-10-20/h4-10,12-13,19,24H,11,14-18H2,1-3H3. The number of aryl methyl sites for hydroxylation is 1. The Hall–Kier alpha value is -2.82. The molecule has 2 aliphatic rings. The van der Waals surface area contributed by atoms with E-state index in [4.69, 9.17) is 4.74 Å². The molecule has 1 spiro atoms. The average molecular weight is 421 g/mol. The second kappa shape index (κ2) is 8.74. The van der Waals surface area contributed by atoms with E-state index < -0.39 is 0 Å². The molecule has 0 saturated carbocycles. The van der Waals surface area contributed by atoms with E-state index in [0.717, 1.165) is 30.6 Å². The van der Waals surface area contributed by atoms with Gasteiger partial charge in [0.2, 0.25) is 11.8 Å². The highest BCUT2D eigenvalue weighted by Gasteiger charge is 2.62. The van der Waals surface area contributed by atoms with Crippen molar-refractivity contribution >= 4 is 11.8 Å². The van der Waals surface area contributed by atoms with Gasteiger partial charge in [-0.1, -0.05) is 42.5 Å². The van der Waals surface area contributed by atoms with Gasteiger partial charge >= 0.3 is 0 Å². The van der Waals surface area contributed by atoms with Gasteiger partial charge in [0.25, 0.3) is 0 Å². The van der Waals surface area contributed by atoms with Crippen LogP contribution in [0.5, 0.6) is 5.75 Å². The molecule has 0 aliphatic carbocycles. The number of hydrogen-bond donors (Lipinski definition) is 0. The molecule has 0 aromatic heterocycles. The van der Waals surface area contributed by atoms with Crippen molar-refractivity contribution in [3.8, 4) is 5.75 Å². The Bertz CT molecular complexity index is 915. The molecule has 2 amide bonds. The van der Waals surface area contributed by atoms with Crippen LogP contribution in [0.1, 0.15) is 50.3 Å². The first kappa shape index (κ1) is 21.4. The maximum absolute atomic E-state index is 13.2. The maximum Gasteiger partial charge on any atom is 0.232 e. The maximum atomic E-state index is 13.2. The normalized spacial score (nSPS) is 20.1. The highest BCUT2D eigenvalue weighted by atomic mass is 16.5. The number of rotatable bonds is 6. The van der Waals surface area contributed by atoms with Crippen molar-refractivity contribution in [2.24, 2.45) is 5.41 Å². The fourth-order valence-electron chi connectivity index (χ4n) is 5.18. The van der Waals surface area contributed by atoms with Crippen LogP contribution in [0.2, 0.25) is 0 Å². The number of amides is 2. The number of methoxy groups -OCH3 is 1. The van der Waals surface area contributed by atoms with Gasteiger partial charge in [0, 0.05) is 25.6 Å². The molecule has 31 heavy (non-hydrogen) atoms. The second-order valence-electron chi connectivity index (χ2n) is 9.00. The third-order valence-electron chi connectivity index (χ3n) is 6.93. The van der Waals surface area contributed by atoms with E-state index in [-0.39, 0.29) is 29.3 Å². The third kappa shape index (κ3) is 3.93. The van der Waals surface area contributed by atoms with Crippen LogP contribution < -0.4 is 4.74 Å². The van der Waals surface area contributed by atoms with Crippen molar-refractivity contribution in [2.45, 2.75) is 51.6 Å². The first-order valence-electron chi connectivity index (χ1n) is 11.2. The summed E-state index contributed by atoms with van der Waals surface area (Å²) < 4.78 is 5.19. The molecule has 1 unspecified atom stereocenters. The van der Waals surface area contributed by atoms with Crippen molar-refractivity contribution in [3.05, 3.63) is 65.7 Å². The van der Waals surface area contributed by atoms with Crippen LogP contribution in [0.15, 0.2) is 54.6 Å². The minimum atomic E-state index is -0.363.